The van der Waals surface area contributed by atoms with Crippen molar-refractivity contribution in [1.29, 1.82) is 0 Å². The minimum Gasteiger partial charge on any atom is -0.481 e. The van der Waals surface area contributed by atoms with Crippen molar-refractivity contribution < 1.29 is 42.9 Å². The van der Waals surface area contributed by atoms with Gasteiger partial charge in [-0.2, -0.15) is 0 Å². The number of thiophene rings is 1. The van der Waals surface area contributed by atoms with E-state index in [0.717, 1.165) is 23.0 Å². The molecule has 4 aromatic rings. The largest absolute Gasteiger partial charge is 0.481 e. The number of anilines is 2. The van der Waals surface area contributed by atoms with Gasteiger partial charge in [-0.25, -0.2) is 18.4 Å². The summed E-state index contributed by atoms with van der Waals surface area (Å²) in [7, 11) is 0. The van der Waals surface area contributed by atoms with Gasteiger partial charge < -0.3 is 30.9 Å². The normalized spacial score (nSPS) is 11.5. The molecule has 11 nitrogen and oxygen atoms in total. The minimum absolute atomic E-state index is 0.0599. The summed E-state index contributed by atoms with van der Waals surface area (Å²) in [5, 5.41) is 25.0. The van der Waals surface area contributed by atoms with Gasteiger partial charge in [0.1, 0.15) is 29.2 Å². The highest BCUT2D eigenvalue weighted by Crippen LogP contribution is 2.35. The second-order valence-electron chi connectivity index (χ2n) is 8.74. The van der Waals surface area contributed by atoms with Crippen LogP contribution >= 0.6 is 11.3 Å². The second kappa shape index (κ2) is 12.4. The lowest BCUT2D eigenvalue weighted by Crippen LogP contribution is -2.40. The molecular formula is C27H22F2N4O7S. The fourth-order valence-corrected chi connectivity index (χ4v) is 4.63. The first kappa shape index (κ1) is 28.9. The number of amides is 3. The first-order chi connectivity index (χ1) is 19.5. The number of aliphatic carboxylic acids is 2. The van der Waals surface area contributed by atoms with Crippen LogP contribution in [0.1, 0.15) is 28.1 Å². The molecule has 1 atom stereocenters. The molecule has 0 bridgehead atoms. The van der Waals surface area contributed by atoms with Crippen LogP contribution in [0.25, 0.3) is 10.2 Å². The van der Waals surface area contributed by atoms with Crippen LogP contribution in [0, 0.1) is 18.6 Å². The molecule has 0 aliphatic carbocycles. The zero-order valence-corrected chi connectivity index (χ0v) is 22.1. The van der Waals surface area contributed by atoms with E-state index in [0.29, 0.717) is 10.2 Å². The lowest BCUT2D eigenvalue weighted by Gasteiger charge is -2.12. The lowest BCUT2D eigenvalue weighted by atomic mass is 10.1. The average Bonchev–Trinajstić information content (AvgIpc) is 3.35. The first-order valence-electron chi connectivity index (χ1n) is 12.0. The van der Waals surface area contributed by atoms with Gasteiger partial charge in [-0.15, -0.1) is 11.3 Å². The van der Waals surface area contributed by atoms with Gasteiger partial charge in [0, 0.05) is 24.8 Å². The first-order valence-corrected chi connectivity index (χ1v) is 12.8. The number of aromatic nitrogens is 1. The molecule has 2 heterocycles. The Hall–Kier alpha value is -5.11. The Morgan fingerprint density at radius 1 is 0.976 bits per heavy atom. The van der Waals surface area contributed by atoms with Crippen LogP contribution in [0.5, 0.6) is 11.5 Å². The summed E-state index contributed by atoms with van der Waals surface area (Å²) in [4.78, 5) is 51.4. The van der Waals surface area contributed by atoms with Crippen molar-refractivity contribution in [3.8, 4) is 11.5 Å². The Balaban J connectivity index is 1.46. The monoisotopic (exact) mass is 584 g/mol. The van der Waals surface area contributed by atoms with Crippen molar-refractivity contribution in [3.63, 3.8) is 0 Å². The average molecular weight is 585 g/mol. The van der Waals surface area contributed by atoms with Gasteiger partial charge in [0.05, 0.1) is 26.5 Å². The van der Waals surface area contributed by atoms with Crippen molar-refractivity contribution in [3.05, 3.63) is 76.8 Å². The highest BCUT2D eigenvalue weighted by atomic mass is 32.1. The number of nitrogens with zero attached hydrogens (tertiary/aromatic N) is 1. The molecule has 0 saturated carbocycles. The van der Waals surface area contributed by atoms with Crippen LogP contribution in [0.15, 0.2) is 54.7 Å². The third-order valence-electron chi connectivity index (χ3n) is 5.64. The number of pyridine rings is 1. The SMILES string of the molecule is Cc1ccc(F)c(NC(=O)Nc2ccc(Oc3ccnc4cc(C(=O)NC(CCC(=O)O)C(=O)O)sc34)cc2F)c1. The molecule has 0 saturated heterocycles. The maximum absolute atomic E-state index is 14.8. The maximum atomic E-state index is 14.8. The van der Waals surface area contributed by atoms with E-state index in [9.17, 15) is 33.1 Å². The Kier molecular flexibility index (Phi) is 8.72. The number of carboxylic acid groups (broad SMARTS) is 2. The summed E-state index contributed by atoms with van der Waals surface area (Å²) in [6, 6.07) is 8.49. The molecule has 4 rings (SSSR count). The van der Waals surface area contributed by atoms with Crippen LogP contribution in [0.3, 0.4) is 0 Å². The summed E-state index contributed by atoms with van der Waals surface area (Å²) >= 11 is 0.950. The number of carbonyl (C=O) groups excluding carboxylic acids is 2. The van der Waals surface area contributed by atoms with E-state index in [4.69, 9.17) is 9.84 Å². The number of hydrogen-bond donors (Lipinski definition) is 5. The molecule has 41 heavy (non-hydrogen) atoms. The second-order valence-corrected chi connectivity index (χ2v) is 9.79. The number of rotatable bonds is 10. The molecule has 0 aliphatic rings. The molecule has 3 amide bonds. The van der Waals surface area contributed by atoms with Crippen molar-refractivity contribution in [2.45, 2.75) is 25.8 Å². The number of hydrogen-bond acceptors (Lipinski definition) is 7. The van der Waals surface area contributed by atoms with Gasteiger partial charge in [0.15, 0.2) is 0 Å². The van der Waals surface area contributed by atoms with Crippen molar-refractivity contribution in [2.75, 3.05) is 10.6 Å². The topological polar surface area (TPSA) is 167 Å². The van der Waals surface area contributed by atoms with Crippen LogP contribution in [0.2, 0.25) is 0 Å². The number of carbonyl (C=O) groups is 4. The zero-order chi connectivity index (χ0) is 29.7. The van der Waals surface area contributed by atoms with Crippen LogP contribution < -0.4 is 20.7 Å². The summed E-state index contributed by atoms with van der Waals surface area (Å²) in [5.74, 6) is -4.49. The van der Waals surface area contributed by atoms with Gasteiger partial charge in [0.2, 0.25) is 0 Å². The fraction of sp³-hybridized carbons (Fsp3) is 0.148. The molecule has 212 valence electrons. The third-order valence-corrected chi connectivity index (χ3v) is 6.77. The Morgan fingerprint density at radius 3 is 2.44 bits per heavy atom. The molecule has 0 spiro atoms. The quantitative estimate of drug-likeness (QED) is 0.166. The summed E-state index contributed by atoms with van der Waals surface area (Å²) in [6.07, 6.45) is 0.666. The number of fused-ring (bicyclic) bond motifs is 1. The van der Waals surface area contributed by atoms with Gasteiger partial charge in [0.25, 0.3) is 5.91 Å². The van der Waals surface area contributed by atoms with E-state index in [1.165, 1.54) is 42.6 Å². The van der Waals surface area contributed by atoms with Crippen molar-refractivity contribution in [1.82, 2.24) is 10.3 Å². The third kappa shape index (κ3) is 7.30. The van der Waals surface area contributed by atoms with Gasteiger partial charge >= 0.3 is 18.0 Å². The lowest BCUT2D eigenvalue weighted by molar-refractivity contribution is -0.140. The number of aryl methyl sites for hydroxylation is 1. The van der Waals surface area contributed by atoms with Crippen LogP contribution in [0.4, 0.5) is 25.0 Å². The van der Waals surface area contributed by atoms with Gasteiger partial charge in [-0.3, -0.25) is 14.6 Å². The minimum atomic E-state index is -1.40. The van der Waals surface area contributed by atoms with Crippen molar-refractivity contribution >= 4 is 56.8 Å². The molecule has 0 fully saturated rings. The zero-order valence-electron chi connectivity index (χ0n) is 21.2. The van der Waals surface area contributed by atoms with E-state index in [-0.39, 0.29) is 34.2 Å². The van der Waals surface area contributed by atoms with Crippen LogP contribution in [-0.2, 0) is 9.59 Å². The Labute approximate surface area is 234 Å². The highest BCUT2D eigenvalue weighted by molar-refractivity contribution is 7.21. The number of urea groups is 1. The molecule has 2 aromatic heterocycles. The summed E-state index contributed by atoms with van der Waals surface area (Å²) in [6.45, 7) is 1.73. The molecule has 0 aliphatic heterocycles. The Bertz CT molecular complexity index is 1660. The van der Waals surface area contributed by atoms with E-state index in [2.05, 4.69) is 20.9 Å². The van der Waals surface area contributed by atoms with E-state index in [1.807, 2.05) is 0 Å². The predicted octanol–water partition coefficient (Wildman–Crippen LogP) is 5.37. The smallest absolute Gasteiger partial charge is 0.326 e. The Morgan fingerprint density at radius 2 is 1.73 bits per heavy atom. The molecule has 0 radical (unpaired) electrons. The van der Waals surface area contributed by atoms with E-state index >= 15 is 0 Å². The van der Waals surface area contributed by atoms with Crippen LogP contribution in [-0.4, -0.2) is 45.1 Å². The number of halogens is 2. The number of benzene rings is 2. The number of nitrogens with one attached hydrogen (secondary N) is 3. The molecular weight excluding hydrogens is 562 g/mol. The van der Waals surface area contributed by atoms with Gasteiger partial charge in [-0.1, -0.05) is 6.07 Å². The van der Waals surface area contributed by atoms with Crippen molar-refractivity contribution in [2.24, 2.45) is 0 Å². The molecule has 5 N–H and O–H groups in total. The molecule has 2 aromatic carbocycles. The molecule has 14 heteroatoms. The van der Waals surface area contributed by atoms with Gasteiger partial charge in [-0.05, 0) is 49.2 Å². The van der Waals surface area contributed by atoms with E-state index in [1.54, 1.807) is 13.0 Å². The predicted molar refractivity (Wildman–Crippen MR) is 146 cm³/mol. The number of carboxylic acids is 2. The fourth-order valence-electron chi connectivity index (χ4n) is 3.66. The number of ether oxygens (including phenoxy) is 1. The van der Waals surface area contributed by atoms with E-state index < -0.39 is 48.0 Å². The maximum Gasteiger partial charge on any atom is 0.326 e. The standard InChI is InChI=1S/C27H22F2N4O7S/c1-13-2-4-15(28)19(10-13)33-27(39)32-17-5-3-14(11-16(17)29)40-21-8-9-30-20-12-22(41-24(20)21)25(36)31-18(26(37)38)6-7-23(34)35/h2-5,8-12,18H,6-7H2,1H3,(H,31,36)(H,34,35)(H,37,38)(H2,32,33,39). The summed E-state index contributed by atoms with van der Waals surface area (Å²) in [5.41, 5.74) is 0.827. The highest BCUT2D eigenvalue weighted by Gasteiger charge is 2.23. The summed E-state index contributed by atoms with van der Waals surface area (Å²) < 4.78 is 34.9. The molecule has 1 unspecified atom stereocenters.